The van der Waals surface area contributed by atoms with Gasteiger partial charge in [-0.15, -0.1) is 0 Å². The van der Waals surface area contributed by atoms with Crippen LogP contribution >= 0.6 is 0 Å². The zero-order valence-corrected chi connectivity index (χ0v) is 13.0. The van der Waals surface area contributed by atoms with E-state index < -0.39 is 12.0 Å². The minimum absolute atomic E-state index is 0.0505. The molecule has 3 rings (SSSR count). The number of nitrogens with one attached hydrogen (secondary N) is 1. The molecule has 1 amide bonds. The Hall–Kier alpha value is -2.34. The van der Waals surface area contributed by atoms with Gasteiger partial charge in [-0.05, 0) is 17.5 Å². The summed E-state index contributed by atoms with van der Waals surface area (Å²) < 4.78 is 5.18. The summed E-state index contributed by atoms with van der Waals surface area (Å²) in [6, 6.07) is 5.14. The molecular weight excluding hydrogens is 296 g/mol. The molecule has 6 nitrogen and oxygen atoms in total. The number of carboxylic acids is 1. The summed E-state index contributed by atoms with van der Waals surface area (Å²) in [4.78, 5) is 28.5. The molecule has 0 aliphatic carbocycles. The standard InChI is InChI=1S/C17H20N2O4/c1-2-11-4-3-5-13-12(9-18-16(11)13)8-15(20)19-6-7-23-10-14(19)17(21)22/h3-5,9,14,18H,2,6-8,10H2,1H3,(H,21,22)/t14-/m1/s1. The normalized spacial score (nSPS) is 18.3. The smallest absolute Gasteiger partial charge is 0.328 e. The Bertz CT molecular complexity index is 737. The van der Waals surface area contributed by atoms with Gasteiger partial charge in [0.25, 0.3) is 0 Å². The molecule has 1 atom stereocenters. The number of aryl methyl sites for hydroxylation is 1. The number of ether oxygens (including phenoxy) is 1. The number of nitrogens with zero attached hydrogens (tertiary/aromatic N) is 1. The molecule has 0 unspecified atom stereocenters. The molecule has 2 aromatic rings. The Labute approximate surface area is 134 Å². The summed E-state index contributed by atoms with van der Waals surface area (Å²) in [5, 5.41) is 10.3. The van der Waals surface area contributed by atoms with Crippen LogP contribution < -0.4 is 0 Å². The molecule has 0 saturated carbocycles. The minimum atomic E-state index is -1.02. The molecule has 0 bridgehead atoms. The third kappa shape index (κ3) is 2.94. The van der Waals surface area contributed by atoms with Crippen molar-refractivity contribution in [3.05, 3.63) is 35.5 Å². The maximum Gasteiger partial charge on any atom is 0.328 e. The average Bonchev–Trinajstić information content (AvgIpc) is 2.97. The molecule has 2 N–H and O–H groups in total. The number of rotatable bonds is 4. The summed E-state index contributed by atoms with van der Waals surface area (Å²) in [5.74, 6) is -1.20. The lowest BCUT2D eigenvalue weighted by Gasteiger charge is -2.32. The Balaban J connectivity index is 1.84. The van der Waals surface area contributed by atoms with E-state index in [1.54, 1.807) is 0 Å². The maximum atomic E-state index is 12.6. The molecule has 1 aromatic heterocycles. The van der Waals surface area contributed by atoms with Crippen LogP contribution in [0.2, 0.25) is 0 Å². The minimum Gasteiger partial charge on any atom is -0.480 e. The topological polar surface area (TPSA) is 82.6 Å². The van der Waals surface area contributed by atoms with Gasteiger partial charge in [0.2, 0.25) is 5.91 Å². The van der Waals surface area contributed by atoms with Crippen LogP contribution in [0.5, 0.6) is 0 Å². The van der Waals surface area contributed by atoms with E-state index in [1.807, 2.05) is 18.3 Å². The highest BCUT2D eigenvalue weighted by atomic mass is 16.5. The van der Waals surface area contributed by atoms with Crippen molar-refractivity contribution in [2.75, 3.05) is 19.8 Å². The van der Waals surface area contributed by atoms with Crippen LogP contribution in [0.25, 0.3) is 10.9 Å². The summed E-state index contributed by atoms with van der Waals surface area (Å²) in [6.07, 6.45) is 2.95. The summed E-state index contributed by atoms with van der Waals surface area (Å²) in [5.41, 5.74) is 3.15. The Morgan fingerprint density at radius 3 is 2.96 bits per heavy atom. The summed E-state index contributed by atoms with van der Waals surface area (Å²) in [7, 11) is 0. The molecule has 1 aromatic carbocycles. The van der Waals surface area contributed by atoms with Gasteiger partial charge < -0.3 is 19.7 Å². The van der Waals surface area contributed by atoms with E-state index in [0.717, 1.165) is 22.9 Å². The van der Waals surface area contributed by atoms with Crippen molar-refractivity contribution in [3.63, 3.8) is 0 Å². The number of carbonyl (C=O) groups excluding carboxylic acids is 1. The van der Waals surface area contributed by atoms with Gasteiger partial charge in [0.15, 0.2) is 6.04 Å². The Kier molecular flexibility index (Phi) is 4.34. The zero-order chi connectivity index (χ0) is 16.4. The highest BCUT2D eigenvalue weighted by Crippen LogP contribution is 2.23. The van der Waals surface area contributed by atoms with Crippen LogP contribution in [-0.2, 0) is 27.2 Å². The lowest BCUT2D eigenvalue weighted by Crippen LogP contribution is -2.53. The van der Waals surface area contributed by atoms with Gasteiger partial charge in [-0.1, -0.05) is 25.1 Å². The first-order valence-corrected chi connectivity index (χ1v) is 7.79. The lowest BCUT2D eigenvalue weighted by molar-refractivity contribution is -0.157. The van der Waals surface area contributed by atoms with Crippen molar-refractivity contribution in [1.82, 2.24) is 9.88 Å². The van der Waals surface area contributed by atoms with E-state index >= 15 is 0 Å². The predicted molar refractivity (Wildman–Crippen MR) is 85.3 cm³/mol. The van der Waals surface area contributed by atoms with Crippen LogP contribution in [0.3, 0.4) is 0 Å². The van der Waals surface area contributed by atoms with Gasteiger partial charge in [0.1, 0.15) is 0 Å². The number of H-pyrrole nitrogens is 1. The highest BCUT2D eigenvalue weighted by molar-refractivity contribution is 5.92. The van der Waals surface area contributed by atoms with Crippen molar-refractivity contribution in [3.8, 4) is 0 Å². The van der Waals surface area contributed by atoms with E-state index in [-0.39, 0.29) is 18.9 Å². The molecule has 23 heavy (non-hydrogen) atoms. The fourth-order valence-corrected chi connectivity index (χ4v) is 3.09. The lowest BCUT2D eigenvalue weighted by atomic mass is 10.0. The van der Waals surface area contributed by atoms with Crippen molar-refractivity contribution in [2.45, 2.75) is 25.8 Å². The van der Waals surface area contributed by atoms with Crippen LogP contribution in [0.15, 0.2) is 24.4 Å². The number of aromatic amines is 1. The van der Waals surface area contributed by atoms with Crippen molar-refractivity contribution in [1.29, 1.82) is 0 Å². The van der Waals surface area contributed by atoms with E-state index in [2.05, 4.69) is 18.0 Å². The second kappa shape index (κ2) is 6.42. The van der Waals surface area contributed by atoms with Gasteiger partial charge in [0, 0.05) is 23.6 Å². The Morgan fingerprint density at radius 2 is 2.22 bits per heavy atom. The second-order valence-electron chi connectivity index (χ2n) is 5.70. The predicted octanol–water partition coefficient (Wildman–Crippen LogP) is 1.58. The number of carbonyl (C=O) groups is 2. The molecule has 0 radical (unpaired) electrons. The van der Waals surface area contributed by atoms with Gasteiger partial charge in [-0.2, -0.15) is 0 Å². The maximum absolute atomic E-state index is 12.6. The van der Waals surface area contributed by atoms with Crippen LogP contribution in [-0.4, -0.2) is 52.7 Å². The molecule has 1 saturated heterocycles. The first-order chi connectivity index (χ1) is 11.1. The molecular formula is C17H20N2O4. The zero-order valence-electron chi connectivity index (χ0n) is 13.0. The average molecular weight is 316 g/mol. The second-order valence-corrected chi connectivity index (χ2v) is 5.70. The SMILES string of the molecule is CCc1cccc2c(CC(=O)N3CCOC[C@@H]3C(=O)O)c[nH]c12. The van der Waals surface area contributed by atoms with Crippen molar-refractivity contribution < 1.29 is 19.4 Å². The molecule has 1 aliphatic heterocycles. The highest BCUT2D eigenvalue weighted by Gasteiger charge is 2.32. The number of carboxylic acid groups (broad SMARTS) is 1. The summed E-state index contributed by atoms with van der Waals surface area (Å²) >= 11 is 0. The quantitative estimate of drug-likeness (QED) is 0.897. The molecule has 6 heteroatoms. The fraction of sp³-hybridized carbons (Fsp3) is 0.412. The van der Waals surface area contributed by atoms with Crippen LogP contribution in [0.4, 0.5) is 0 Å². The van der Waals surface area contributed by atoms with Gasteiger partial charge >= 0.3 is 5.97 Å². The number of aliphatic carboxylic acids is 1. The van der Waals surface area contributed by atoms with Crippen LogP contribution in [0.1, 0.15) is 18.1 Å². The largest absolute Gasteiger partial charge is 0.480 e. The van der Waals surface area contributed by atoms with Gasteiger partial charge in [0.05, 0.1) is 19.6 Å². The van der Waals surface area contributed by atoms with E-state index in [9.17, 15) is 14.7 Å². The van der Waals surface area contributed by atoms with E-state index in [1.165, 1.54) is 10.5 Å². The number of morpholine rings is 1. The molecule has 0 spiro atoms. The van der Waals surface area contributed by atoms with Gasteiger partial charge in [-0.3, -0.25) is 4.79 Å². The number of benzene rings is 1. The number of hydrogen-bond donors (Lipinski definition) is 2. The number of fused-ring (bicyclic) bond motifs is 1. The monoisotopic (exact) mass is 316 g/mol. The first kappa shape index (κ1) is 15.6. The summed E-state index contributed by atoms with van der Waals surface area (Å²) in [6.45, 7) is 2.84. The first-order valence-electron chi connectivity index (χ1n) is 7.79. The van der Waals surface area contributed by atoms with Gasteiger partial charge in [-0.25, -0.2) is 4.79 Å². The number of hydrogen-bond acceptors (Lipinski definition) is 3. The number of aromatic nitrogens is 1. The molecule has 1 fully saturated rings. The van der Waals surface area contributed by atoms with Crippen molar-refractivity contribution >= 4 is 22.8 Å². The molecule has 2 heterocycles. The fourth-order valence-electron chi connectivity index (χ4n) is 3.09. The Morgan fingerprint density at radius 1 is 1.39 bits per heavy atom. The molecule has 1 aliphatic rings. The number of para-hydroxylation sites is 1. The third-order valence-electron chi connectivity index (χ3n) is 4.34. The van der Waals surface area contributed by atoms with Crippen molar-refractivity contribution in [2.24, 2.45) is 0 Å². The third-order valence-corrected chi connectivity index (χ3v) is 4.34. The van der Waals surface area contributed by atoms with Crippen LogP contribution in [0, 0.1) is 0 Å². The molecule has 122 valence electrons. The van der Waals surface area contributed by atoms with E-state index in [4.69, 9.17) is 4.74 Å². The number of amides is 1. The van der Waals surface area contributed by atoms with E-state index in [0.29, 0.717) is 13.2 Å².